The molecule has 1 aromatic carbocycles. The summed E-state index contributed by atoms with van der Waals surface area (Å²) in [6.07, 6.45) is 2.57. The van der Waals surface area contributed by atoms with Gasteiger partial charge in [0.1, 0.15) is 0 Å². The Morgan fingerprint density at radius 3 is 2.83 bits per heavy atom. The highest BCUT2D eigenvalue weighted by molar-refractivity contribution is 6.02. The Kier molecular flexibility index (Phi) is 4.71. The summed E-state index contributed by atoms with van der Waals surface area (Å²) in [4.78, 5) is 24.9. The SMILES string of the molecule is NC(=O)[C@@H]1CCC[NH+](CC(=O)N2CCC(c3ccccc3)=N2)C1. The number of carbonyl (C=O) groups is 2. The minimum absolute atomic E-state index is 0.0241. The van der Waals surface area contributed by atoms with Crippen molar-refractivity contribution in [1.82, 2.24) is 5.01 Å². The Morgan fingerprint density at radius 1 is 1.30 bits per heavy atom. The number of nitrogens with one attached hydrogen (secondary N) is 1. The van der Waals surface area contributed by atoms with Crippen LogP contribution in [0.1, 0.15) is 24.8 Å². The molecule has 3 rings (SSSR count). The molecule has 2 heterocycles. The van der Waals surface area contributed by atoms with Gasteiger partial charge in [0.2, 0.25) is 5.91 Å². The molecule has 1 fully saturated rings. The quantitative estimate of drug-likeness (QED) is 0.778. The first-order chi connectivity index (χ1) is 11.1. The predicted octanol–water partition coefficient (Wildman–Crippen LogP) is -0.597. The molecule has 0 aromatic heterocycles. The predicted molar refractivity (Wildman–Crippen MR) is 86.8 cm³/mol. The van der Waals surface area contributed by atoms with Gasteiger partial charge in [0.15, 0.2) is 6.54 Å². The van der Waals surface area contributed by atoms with Gasteiger partial charge in [-0.25, -0.2) is 5.01 Å². The van der Waals surface area contributed by atoms with Gasteiger partial charge in [0, 0.05) is 6.42 Å². The largest absolute Gasteiger partial charge is 0.369 e. The number of amides is 2. The number of benzene rings is 1. The standard InChI is InChI=1S/C17H22N4O2/c18-17(23)14-7-4-9-20(11-14)12-16(22)21-10-8-15(19-21)13-5-2-1-3-6-13/h1-3,5-6,14H,4,7-12H2,(H2,18,23)/p+1/t14-/m1/s1. The molecule has 0 radical (unpaired) electrons. The Labute approximate surface area is 135 Å². The third kappa shape index (κ3) is 3.76. The number of primary amides is 1. The van der Waals surface area contributed by atoms with Gasteiger partial charge < -0.3 is 10.6 Å². The molecule has 2 aliphatic rings. The van der Waals surface area contributed by atoms with Crippen molar-refractivity contribution < 1.29 is 14.5 Å². The maximum absolute atomic E-state index is 12.4. The van der Waals surface area contributed by atoms with Gasteiger partial charge in [0.25, 0.3) is 5.91 Å². The van der Waals surface area contributed by atoms with Crippen molar-refractivity contribution in [2.45, 2.75) is 19.3 Å². The minimum Gasteiger partial charge on any atom is -0.369 e. The number of nitrogens with zero attached hydrogens (tertiary/aromatic N) is 2. The summed E-state index contributed by atoms with van der Waals surface area (Å²) in [7, 11) is 0. The molecule has 23 heavy (non-hydrogen) atoms. The fraction of sp³-hybridized carbons (Fsp3) is 0.471. The number of likely N-dealkylation sites (tertiary alicyclic amines) is 1. The monoisotopic (exact) mass is 315 g/mol. The molecule has 2 amide bonds. The lowest BCUT2D eigenvalue weighted by atomic mass is 9.97. The second-order valence-corrected chi connectivity index (χ2v) is 6.30. The average Bonchev–Trinajstić information content (AvgIpc) is 3.06. The molecule has 122 valence electrons. The van der Waals surface area contributed by atoms with Crippen molar-refractivity contribution in [2.75, 3.05) is 26.2 Å². The van der Waals surface area contributed by atoms with E-state index in [-0.39, 0.29) is 17.7 Å². The van der Waals surface area contributed by atoms with E-state index in [0.29, 0.717) is 19.6 Å². The number of hydrogen-bond acceptors (Lipinski definition) is 3. The third-order valence-corrected chi connectivity index (χ3v) is 4.62. The topological polar surface area (TPSA) is 80.2 Å². The van der Waals surface area contributed by atoms with Crippen molar-refractivity contribution in [2.24, 2.45) is 16.8 Å². The van der Waals surface area contributed by atoms with Crippen LogP contribution in [0, 0.1) is 5.92 Å². The molecule has 0 saturated carbocycles. The van der Waals surface area contributed by atoms with E-state index in [0.717, 1.165) is 42.0 Å². The molecule has 0 aliphatic carbocycles. The van der Waals surface area contributed by atoms with Crippen molar-refractivity contribution in [3.8, 4) is 0 Å². The molecule has 6 heteroatoms. The summed E-state index contributed by atoms with van der Waals surface area (Å²) < 4.78 is 0. The first-order valence-electron chi connectivity index (χ1n) is 8.19. The van der Waals surface area contributed by atoms with Crippen LogP contribution in [0.5, 0.6) is 0 Å². The van der Waals surface area contributed by atoms with Gasteiger partial charge in [-0.05, 0) is 18.4 Å². The summed E-state index contributed by atoms with van der Waals surface area (Å²) in [5.41, 5.74) is 7.43. The molecule has 1 saturated heterocycles. The number of nitrogens with two attached hydrogens (primary N) is 1. The van der Waals surface area contributed by atoms with Crippen molar-refractivity contribution in [3.05, 3.63) is 35.9 Å². The minimum atomic E-state index is -0.250. The zero-order chi connectivity index (χ0) is 16.2. The maximum atomic E-state index is 12.4. The maximum Gasteiger partial charge on any atom is 0.297 e. The van der Waals surface area contributed by atoms with E-state index < -0.39 is 0 Å². The van der Waals surface area contributed by atoms with E-state index in [2.05, 4.69) is 5.10 Å². The molecule has 0 spiro atoms. The Balaban J connectivity index is 1.59. The van der Waals surface area contributed by atoms with Gasteiger partial charge in [-0.15, -0.1) is 0 Å². The molecule has 2 aliphatic heterocycles. The van der Waals surface area contributed by atoms with E-state index in [1.807, 2.05) is 30.3 Å². The molecule has 0 bridgehead atoms. The first kappa shape index (κ1) is 15.7. The van der Waals surface area contributed by atoms with E-state index >= 15 is 0 Å². The number of hydrazone groups is 1. The van der Waals surface area contributed by atoms with Crippen LogP contribution in [0.2, 0.25) is 0 Å². The van der Waals surface area contributed by atoms with Crippen LogP contribution in [0.15, 0.2) is 35.4 Å². The van der Waals surface area contributed by atoms with E-state index in [1.165, 1.54) is 0 Å². The fourth-order valence-electron chi connectivity index (χ4n) is 3.33. The van der Waals surface area contributed by atoms with E-state index in [4.69, 9.17) is 5.73 Å². The van der Waals surface area contributed by atoms with Crippen LogP contribution in [0.4, 0.5) is 0 Å². The summed E-state index contributed by atoms with van der Waals surface area (Å²) >= 11 is 0. The normalized spacial score (nSPS) is 24.3. The molecular formula is C17H23N4O2+. The van der Waals surface area contributed by atoms with Gasteiger partial charge >= 0.3 is 0 Å². The number of carbonyl (C=O) groups excluding carboxylic acids is 2. The summed E-state index contributed by atoms with van der Waals surface area (Å²) in [6, 6.07) is 9.95. The number of hydrogen-bond donors (Lipinski definition) is 2. The van der Waals surface area contributed by atoms with Gasteiger partial charge in [-0.1, -0.05) is 30.3 Å². The van der Waals surface area contributed by atoms with Crippen LogP contribution in [0.3, 0.4) is 0 Å². The molecule has 6 nitrogen and oxygen atoms in total. The zero-order valence-corrected chi connectivity index (χ0v) is 13.2. The fourth-order valence-corrected chi connectivity index (χ4v) is 3.33. The van der Waals surface area contributed by atoms with Crippen molar-refractivity contribution in [3.63, 3.8) is 0 Å². The third-order valence-electron chi connectivity index (χ3n) is 4.62. The number of rotatable bonds is 4. The van der Waals surface area contributed by atoms with Crippen LogP contribution in [-0.4, -0.2) is 48.7 Å². The van der Waals surface area contributed by atoms with Crippen LogP contribution >= 0.6 is 0 Å². The zero-order valence-electron chi connectivity index (χ0n) is 13.2. The lowest BCUT2D eigenvalue weighted by Gasteiger charge is -2.28. The number of piperidine rings is 1. The highest BCUT2D eigenvalue weighted by Crippen LogP contribution is 2.13. The van der Waals surface area contributed by atoms with Gasteiger partial charge in [-0.2, -0.15) is 5.10 Å². The highest BCUT2D eigenvalue weighted by Gasteiger charge is 2.30. The molecule has 1 aromatic rings. The van der Waals surface area contributed by atoms with E-state index in [1.54, 1.807) is 5.01 Å². The van der Waals surface area contributed by atoms with Gasteiger partial charge in [0.05, 0.1) is 31.3 Å². The Bertz CT molecular complexity index is 614. The Morgan fingerprint density at radius 2 is 2.09 bits per heavy atom. The molecule has 1 unspecified atom stereocenters. The second-order valence-electron chi connectivity index (χ2n) is 6.30. The van der Waals surface area contributed by atoms with Gasteiger partial charge in [-0.3, -0.25) is 9.59 Å². The van der Waals surface area contributed by atoms with Crippen molar-refractivity contribution >= 4 is 17.5 Å². The number of quaternary nitrogens is 1. The summed E-state index contributed by atoms with van der Waals surface area (Å²) in [5.74, 6) is -0.329. The molecule has 2 atom stereocenters. The summed E-state index contributed by atoms with van der Waals surface area (Å²) in [5, 5.41) is 6.05. The average molecular weight is 315 g/mol. The van der Waals surface area contributed by atoms with Crippen LogP contribution in [0.25, 0.3) is 0 Å². The molecular weight excluding hydrogens is 292 g/mol. The lowest BCUT2D eigenvalue weighted by molar-refractivity contribution is -0.899. The molecule has 3 N–H and O–H groups in total. The second kappa shape index (κ2) is 6.91. The van der Waals surface area contributed by atoms with E-state index in [9.17, 15) is 9.59 Å². The Hall–Kier alpha value is -2.21. The highest BCUT2D eigenvalue weighted by atomic mass is 16.2. The van der Waals surface area contributed by atoms with Crippen molar-refractivity contribution in [1.29, 1.82) is 0 Å². The van der Waals surface area contributed by atoms with Crippen LogP contribution < -0.4 is 10.6 Å². The first-order valence-corrected chi connectivity index (χ1v) is 8.19. The summed E-state index contributed by atoms with van der Waals surface area (Å²) in [6.45, 7) is 2.59. The lowest BCUT2D eigenvalue weighted by Crippen LogP contribution is -3.14. The smallest absolute Gasteiger partial charge is 0.297 e. The van der Waals surface area contributed by atoms with Crippen LogP contribution in [-0.2, 0) is 9.59 Å².